The molecule has 1 N–H and O–H groups in total. The Labute approximate surface area is 146 Å². The molecule has 0 aliphatic carbocycles. The second-order valence-corrected chi connectivity index (χ2v) is 7.26. The van der Waals surface area contributed by atoms with Gasteiger partial charge in [-0.3, -0.25) is 4.79 Å². The van der Waals surface area contributed by atoms with Gasteiger partial charge in [0.15, 0.2) is 0 Å². The van der Waals surface area contributed by atoms with Gasteiger partial charge in [-0.15, -0.1) is 0 Å². The predicted octanol–water partition coefficient (Wildman–Crippen LogP) is 4.87. The van der Waals surface area contributed by atoms with E-state index in [9.17, 15) is 4.79 Å². The molecule has 0 unspecified atom stereocenters. The number of amides is 1. The van der Waals surface area contributed by atoms with E-state index in [-0.39, 0.29) is 12.0 Å². The first-order chi connectivity index (χ1) is 11.1. The lowest BCUT2D eigenvalue weighted by Crippen LogP contribution is -2.43. The molecule has 0 saturated carbocycles. The highest BCUT2D eigenvalue weighted by Gasteiger charge is 2.34. The average molecular weight is 335 g/mol. The maximum absolute atomic E-state index is 12.7. The number of carbonyl (C=O) groups is 1. The van der Waals surface area contributed by atoms with E-state index in [4.69, 9.17) is 9.47 Å². The van der Waals surface area contributed by atoms with Crippen LogP contribution in [-0.2, 0) is 9.53 Å². The molecule has 24 heavy (non-hydrogen) atoms. The molecule has 1 rings (SSSR count). The highest BCUT2D eigenvalue weighted by Crippen LogP contribution is 2.30. The number of anilines is 1. The maximum Gasteiger partial charge on any atom is 0.256 e. The summed E-state index contributed by atoms with van der Waals surface area (Å²) in [6.07, 6.45) is 1.80. The van der Waals surface area contributed by atoms with Gasteiger partial charge in [0.25, 0.3) is 5.91 Å². The van der Waals surface area contributed by atoms with Crippen molar-refractivity contribution in [3.05, 3.63) is 23.3 Å². The molecule has 1 aromatic rings. The molecular weight excluding hydrogens is 302 g/mol. The molecule has 4 heteroatoms. The number of benzene rings is 1. The smallest absolute Gasteiger partial charge is 0.256 e. The monoisotopic (exact) mass is 335 g/mol. The number of carbonyl (C=O) groups excluding carboxylic acids is 1. The van der Waals surface area contributed by atoms with Gasteiger partial charge >= 0.3 is 0 Å². The van der Waals surface area contributed by atoms with E-state index in [0.717, 1.165) is 29.0 Å². The summed E-state index contributed by atoms with van der Waals surface area (Å²) in [5, 5.41) is 3.00. The molecule has 1 amide bonds. The lowest BCUT2D eigenvalue weighted by molar-refractivity contribution is -0.137. The summed E-state index contributed by atoms with van der Waals surface area (Å²) in [5.74, 6) is 1.16. The van der Waals surface area contributed by atoms with Crippen LogP contribution in [0.4, 0.5) is 5.69 Å². The van der Waals surface area contributed by atoms with Crippen LogP contribution in [0.5, 0.6) is 5.75 Å². The van der Waals surface area contributed by atoms with Crippen LogP contribution in [0.1, 0.15) is 58.6 Å². The maximum atomic E-state index is 12.7. The Balaban J connectivity index is 2.98. The van der Waals surface area contributed by atoms with E-state index in [0.29, 0.717) is 12.3 Å². The van der Waals surface area contributed by atoms with Gasteiger partial charge in [0.05, 0.1) is 6.10 Å². The molecule has 0 bridgehead atoms. The van der Waals surface area contributed by atoms with Crippen molar-refractivity contribution in [3.8, 4) is 5.75 Å². The minimum Gasteiger partial charge on any atom is -0.490 e. The quantitative estimate of drug-likeness (QED) is 0.737. The zero-order chi connectivity index (χ0) is 18.5. The van der Waals surface area contributed by atoms with E-state index in [1.165, 1.54) is 0 Å². The summed E-state index contributed by atoms with van der Waals surface area (Å²) < 4.78 is 11.5. The first-order valence-corrected chi connectivity index (χ1v) is 8.77. The number of nitrogens with one attached hydrogen (secondary N) is 1. The van der Waals surface area contributed by atoms with Gasteiger partial charge < -0.3 is 14.8 Å². The molecular formula is C20H33NO3. The third kappa shape index (κ3) is 5.23. The molecule has 4 nitrogen and oxygen atoms in total. The van der Waals surface area contributed by atoms with Crippen molar-refractivity contribution in [3.63, 3.8) is 0 Å². The van der Waals surface area contributed by atoms with E-state index in [1.54, 1.807) is 7.11 Å². The second-order valence-electron chi connectivity index (χ2n) is 7.26. The Bertz CT molecular complexity index is 545. The van der Waals surface area contributed by atoms with Gasteiger partial charge in [0.2, 0.25) is 0 Å². The van der Waals surface area contributed by atoms with Crippen LogP contribution in [0.15, 0.2) is 12.1 Å². The predicted molar refractivity (Wildman–Crippen MR) is 99.8 cm³/mol. The van der Waals surface area contributed by atoms with Crippen molar-refractivity contribution in [1.82, 2.24) is 0 Å². The molecule has 2 atom stereocenters. The molecule has 0 saturated heterocycles. The Morgan fingerprint density at radius 3 is 2.17 bits per heavy atom. The van der Waals surface area contributed by atoms with Crippen molar-refractivity contribution in [2.45, 2.75) is 73.0 Å². The number of hydrogen-bond donors (Lipinski definition) is 1. The summed E-state index contributed by atoms with van der Waals surface area (Å²) in [4.78, 5) is 12.7. The molecule has 0 fully saturated rings. The minimum absolute atomic E-state index is 0.118. The summed E-state index contributed by atoms with van der Waals surface area (Å²) in [7, 11) is 1.58. The zero-order valence-electron chi connectivity index (χ0n) is 16.4. The highest BCUT2D eigenvalue weighted by molar-refractivity contribution is 5.97. The summed E-state index contributed by atoms with van der Waals surface area (Å²) in [6.45, 7) is 14.2. The first-order valence-electron chi connectivity index (χ1n) is 8.77. The van der Waals surface area contributed by atoms with Gasteiger partial charge in [0, 0.05) is 12.8 Å². The van der Waals surface area contributed by atoms with E-state index in [1.807, 2.05) is 32.9 Å². The van der Waals surface area contributed by atoms with Gasteiger partial charge in [-0.2, -0.15) is 0 Å². The topological polar surface area (TPSA) is 47.6 Å². The molecule has 0 aromatic heterocycles. The Hall–Kier alpha value is -1.55. The fourth-order valence-corrected chi connectivity index (χ4v) is 2.80. The van der Waals surface area contributed by atoms with Crippen molar-refractivity contribution in [1.29, 1.82) is 0 Å². The number of aryl methyl sites for hydroxylation is 2. The molecule has 0 radical (unpaired) electrons. The van der Waals surface area contributed by atoms with Crippen molar-refractivity contribution < 1.29 is 14.3 Å². The van der Waals surface area contributed by atoms with Crippen LogP contribution < -0.4 is 10.1 Å². The third-order valence-corrected chi connectivity index (χ3v) is 4.34. The second kappa shape index (κ2) is 8.52. The SMILES string of the molecule is CC[C@@H](C)Oc1c(C)cc(NC(=O)[C@@](C)(CC(C)C)OC)cc1C. The fraction of sp³-hybridized carbons (Fsp3) is 0.650. The molecule has 0 aliphatic heterocycles. The zero-order valence-corrected chi connectivity index (χ0v) is 16.4. The van der Waals surface area contributed by atoms with Crippen molar-refractivity contribution >= 4 is 11.6 Å². The molecule has 0 aliphatic rings. The first kappa shape index (κ1) is 20.5. The van der Waals surface area contributed by atoms with Crippen LogP contribution >= 0.6 is 0 Å². The van der Waals surface area contributed by atoms with Crippen molar-refractivity contribution in [2.24, 2.45) is 5.92 Å². The highest BCUT2D eigenvalue weighted by atomic mass is 16.5. The van der Waals surface area contributed by atoms with Gasteiger partial charge in [-0.25, -0.2) is 0 Å². The standard InChI is InChI=1S/C20H33NO3/c1-9-16(6)24-18-14(4)10-17(11-15(18)5)21-19(22)20(7,23-8)12-13(2)3/h10-11,13,16H,9,12H2,1-8H3,(H,21,22)/t16-,20-/m1/s1. The Morgan fingerprint density at radius 1 is 1.21 bits per heavy atom. The van der Waals surface area contributed by atoms with Crippen molar-refractivity contribution in [2.75, 3.05) is 12.4 Å². The van der Waals surface area contributed by atoms with Crippen LogP contribution in [0.2, 0.25) is 0 Å². The van der Waals surface area contributed by atoms with E-state index >= 15 is 0 Å². The number of ether oxygens (including phenoxy) is 2. The number of methoxy groups -OCH3 is 1. The fourth-order valence-electron chi connectivity index (χ4n) is 2.80. The lowest BCUT2D eigenvalue weighted by Gasteiger charge is -2.29. The van der Waals surface area contributed by atoms with Gasteiger partial charge in [-0.1, -0.05) is 20.8 Å². The Morgan fingerprint density at radius 2 is 1.75 bits per heavy atom. The normalized spacial score (nSPS) is 15.0. The van der Waals surface area contributed by atoms with Gasteiger partial charge in [0.1, 0.15) is 11.4 Å². The van der Waals surface area contributed by atoms with Crippen LogP contribution in [0, 0.1) is 19.8 Å². The molecule has 136 valence electrons. The minimum atomic E-state index is -0.831. The molecule has 0 heterocycles. The third-order valence-electron chi connectivity index (χ3n) is 4.34. The lowest BCUT2D eigenvalue weighted by atomic mass is 9.93. The molecule has 1 aromatic carbocycles. The number of hydrogen-bond acceptors (Lipinski definition) is 3. The summed E-state index contributed by atoms with van der Waals surface area (Å²) >= 11 is 0. The largest absolute Gasteiger partial charge is 0.490 e. The Kier molecular flexibility index (Phi) is 7.27. The van der Waals surface area contributed by atoms with Gasteiger partial charge in [-0.05, 0) is 69.7 Å². The van der Waals surface area contributed by atoms with E-state index in [2.05, 4.69) is 33.0 Å². The van der Waals surface area contributed by atoms with E-state index < -0.39 is 5.60 Å². The number of rotatable bonds is 8. The van der Waals surface area contributed by atoms with Crippen LogP contribution in [0.25, 0.3) is 0 Å². The average Bonchev–Trinajstić information content (AvgIpc) is 2.49. The van der Waals surface area contributed by atoms with Crippen LogP contribution in [0.3, 0.4) is 0 Å². The molecule has 0 spiro atoms. The van der Waals surface area contributed by atoms with Crippen LogP contribution in [-0.4, -0.2) is 24.7 Å². The summed E-state index contributed by atoms with van der Waals surface area (Å²) in [6, 6.07) is 3.90. The summed E-state index contributed by atoms with van der Waals surface area (Å²) in [5.41, 5.74) is 1.99.